The Morgan fingerprint density at radius 1 is 1.11 bits per heavy atom. The van der Waals surface area contributed by atoms with E-state index >= 15 is 0 Å². The zero-order valence-electron chi connectivity index (χ0n) is 11.0. The first-order chi connectivity index (χ1) is 9.28. The second kappa shape index (κ2) is 6.61. The molecule has 0 fully saturated rings. The molecule has 0 aliphatic rings. The molecule has 0 spiro atoms. The Hall–Kier alpha value is -2.27. The molecule has 0 heterocycles. The lowest BCUT2D eigenvalue weighted by molar-refractivity contribution is 0.245. The zero-order valence-corrected chi connectivity index (χ0v) is 11.0. The van der Waals surface area contributed by atoms with Crippen LogP contribution in [0, 0.1) is 18.3 Å². The molecule has 0 radical (unpaired) electrons. The predicted octanol–water partition coefficient (Wildman–Crippen LogP) is 3.90. The SMILES string of the molecule is Cc1cccc(CCC(C#N)Oc2ccccc2)c1. The highest BCUT2D eigenvalue weighted by Gasteiger charge is 2.09. The lowest BCUT2D eigenvalue weighted by Gasteiger charge is -2.12. The van der Waals surface area contributed by atoms with E-state index < -0.39 is 6.10 Å². The van der Waals surface area contributed by atoms with Crippen molar-refractivity contribution in [1.82, 2.24) is 0 Å². The van der Waals surface area contributed by atoms with Crippen molar-refractivity contribution < 1.29 is 4.74 Å². The molecule has 0 amide bonds. The second-order valence-corrected chi connectivity index (χ2v) is 4.58. The van der Waals surface area contributed by atoms with Gasteiger partial charge in [-0.05, 0) is 31.0 Å². The number of para-hydroxylation sites is 1. The summed E-state index contributed by atoms with van der Waals surface area (Å²) in [6.45, 7) is 2.08. The Bertz CT molecular complexity index is 557. The Labute approximate surface area is 114 Å². The fraction of sp³-hybridized carbons (Fsp3) is 0.235. The normalized spacial score (nSPS) is 11.6. The van der Waals surface area contributed by atoms with Crippen LogP contribution in [-0.4, -0.2) is 6.10 Å². The van der Waals surface area contributed by atoms with E-state index in [-0.39, 0.29) is 0 Å². The van der Waals surface area contributed by atoms with Crippen molar-refractivity contribution in [1.29, 1.82) is 5.26 Å². The minimum absolute atomic E-state index is 0.400. The number of nitriles is 1. The fourth-order valence-electron chi connectivity index (χ4n) is 1.98. The van der Waals surface area contributed by atoms with Crippen LogP contribution in [0.1, 0.15) is 17.5 Å². The maximum atomic E-state index is 9.14. The molecule has 2 heteroatoms. The monoisotopic (exact) mass is 251 g/mol. The summed E-state index contributed by atoms with van der Waals surface area (Å²) in [6, 6.07) is 20.1. The van der Waals surface area contributed by atoms with E-state index in [4.69, 9.17) is 10.00 Å². The molecule has 1 unspecified atom stereocenters. The van der Waals surface area contributed by atoms with Crippen molar-refractivity contribution in [2.45, 2.75) is 25.9 Å². The van der Waals surface area contributed by atoms with Crippen LogP contribution in [-0.2, 0) is 6.42 Å². The molecule has 2 nitrogen and oxygen atoms in total. The molecule has 0 saturated carbocycles. The van der Waals surface area contributed by atoms with Gasteiger partial charge in [-0.25, -0.2) is 0 Å². The molecule has 1 atom stereocenters. The van der Waals surface area contributed by atoms with Gasteiger partial charge < -0.3 is 4.74 Å². The molecule has 0 bridgehead atoms. The number of rotatable bonds is 5. The number of hydrogen-bond donors (Lipinski definition) is 0. The third-order valence-electron chi connectivity index (χ3n) is 2.94. The zero-order chi connectivity index (χ0) is 13.5. The summed E-state index contributed by atoms with van der Waals surface area (Å²) in [6.07, 6.45) is 1.16. The molecule has 0 aliphatic carbocycles. The van der Waals surface area contributed by atoms with Crippen LogP contribution < -0.4 is 4.74 Å². The average molecular weight is 251 g/mol. The van der Waals surface area contributed by atoms with Gasteiger partial charge in [0.2, 0.25) is 0 Å². The molecule has 0 aromatic heterocycles. The lowest BCUT2D eigenvalue weighted by atomic mass is 10.1. The highest BCUT2D eigenvalue weighted by atomic mass is 16.5. The van der Waals surface area contributed by atoms with Crippen molar-refractivity contribution in [2.75, 3.05) is 0 Å². The van der Waals surface area contributed by atoms with E-state index in [1.807, 2.05) is 36.4 Å². The van der Waals surface area contributed by atoms with E-state index in [1.165, 1.54) is 11.1 Å². The molecule has 96 valence electrons. The first-order valence-electron chi connectivity index (χ1n) is 6.45. The van der Waals surface area contributed by atoms with Gasteiger partial charge >= 0.3 is 0 Å². The minimum Gasteiger partial charge on any atom is -0.476 e. The number of benzene rings is 2. The second-order valence-electron chi connectivity index (χ2n) is 4.58. The third kappa shape index (κ3) is 4.15. The van der Waals surface area contributed by atoms with Crippen molar-refractivity contribution in [2.24, 2.45) is 0 Å². The van der Waals surface area contributed by atoms with Crippen LogP contribution in [0.5, 0.6) is 5.75 Å². The van der Waals surface area contributed by atoms with Crippen LogP contribution in [0.3, 0.4) is 0 Å². The maximum Gasteiger partial charge on any atom is 0.184 e. The molecular formula is C17H17NO. The molecule has 2 aromatic carbocycles. The molecule has 0 N–H and O–H groups in total. The molecule has 0 saturated heterocycles. The number of ether oxygens (including phenoxy) is 1. The van der Waals surface area contributed by atoms with Crippen molar-refractivity contribution in [3.63, 3.8) is 0 Å². The fourth-order valence-corrected chi connectivity index (χ4v) is 1.98. The molecular weight excluding hydrogens is 234 g/mol. The average Bonchev–Trinajstić information content (AvgIpc) is 2.44. The van der Waals surface area contributed by atoms with Gasteiger partial charge in [0.05, 0.1) is 0 Å². The topological polar surface area (TPSA) is 33.0 Å². The van der Waals surface area contributed by atoms with E-state index in [9.17, 15) is 0 Å². The highest BCUT2D eigenvalue weighted by Crippen LogP contribution is 2.14. The summed E-state index contributed by atoms with van der Waals surface area (Å²) in [5.41, 5.74) is 2.49. The Kier molecular flexibility index (Phi) is 4.58. The predicted molar refractivity (Wildman–Crippen MR) is 76.0 cm³/mol. The van der Waals surface area contributed by atoms with Gasteiger partial charge in [-0.15, -0.1) is 0 Å². The standard InChI is InChI=1S/C17H17NO/c1-14-6-5-7-15(12-14)10-11-17(13-18)19-16-8-3-2-4-9-16/h2-9,12,17H,10-11H2,1H3. The van der Waals surface area contributed by atoms with Gasteiger partial charge in [0.25, 0.3) is 0 Å². The van der Waals surface area contributed by atoms with E-state index in [0.717, 1.165) is 12.2 Å². The van der Waals surface area contributed by atoms with Crippen molar-refractivity contribution in [3.05, 3.63) is 65.7 Å². The number of aryl methyl sites for hydroxylation is 2. The van der Waals surface area contributed by atoms with Gasteiger partial charge in [0.1, 0.15) is 11.8 Å². The lowest BCUT2D eigenvalue weighted by Crippen LogP contribution is -2.15. The van der Waals surface area contributed by atoms with Gasteiger partial charge in [0, 0.05) is 6.42 Å². The van der Waals surface area contributed by atoms with Crippen molar-refractivity contribution >= 4 is 0 Å². The van der Waals surface area contributed by atoms with Crippen LogP contribution >= 0.6 is 0 Å². The Morgan fingerprint density at radius 2 is 1.89 bits per heavy atom. The summed E-state index contributed by atoms with van der Waals surface area (Å²) in [5, 5.41) is 9.14. The van der Waals surface area contributed by atoms with Gasteiger partial charge in [-0.1, -0.05) is 48.0 Å². The summed E-state index contributed by atoms with van der Waals surface area (Å²) in [4.78, 5) is 0. The Morgan fingerprint density at radius 3 is 2.58 bits per heavy atom. The number of nitrogens with zero attached hydrogens (tertiary/aromatic N) is 1. The highest BCUT2D eigenvalue weighted by molar-refractivity contribution is 5.24. The maximum absolute atomic E-state index is 9.14. The smallest absolute Gasteiger partial charge is 0.184 e. The van der Waals surface area contributed by atoms with E-state index in [1.54, 1.807) is 0 Å². The van der Waals surface area contributed by atoms with Crippen LogP contribution in [0.15, 0.2) is 54.6 Å². The minimum atomic E-state index is -0.400. The van der Waals surface area contributed by atoms with Gasteiger partial charge in [-0.2, -0.15) is 5.26 Å². The summed E-state index contributed by atoms with van der Waals surface area (Å²) in [5.74, 6) is 0.748. The summed E-state index contributed by atoms with van der Waals surface area (Å²) < 4.78 is 5.65. The third-order valence-corrected chi connectivity index (χ3v) is 2.94. The van der Waals surface area contributed by atoms with Crippen LogP contribution in [0.2, 0.25) is 0 Å². The van der Waals surface area contributed by atoms with E-state index in [0.29, 0.717) is 6.42 Å². The largest absolute Gasteiger partial charge is 0.476 e. The quantitative estimate of drug-likeness (QED) is 0.807. The molecule has 19 heavy (non-hydrogen) atoms. The molecule has 2 rings (SSSR count). The van der Waals surface area contributed by atoms with Gasteiger partial charge in [0.15, 0.2) is 6.10 Å². The van der Waals surface area contributed by atoms with Crippen LogP contribution in [0.25, 0.3) is 0 Å². The molecule has 2 aromatic rings. The van der Waals surface area contributed by atoms with Crippen LogP contribution in [0.4, 0.5) is 0 Å². The number of hydrogen-bond acceptors (Lipinski definition) is 2. The van der Waals surface area contributed by atoms with Gasteiger partial charge in [-0.3, -0.25) is 0 Å². The summed E-state index contributed by atoms with van der Waals surface area (Å²) in [7, 11) is 0. The summed E-state index contributed by atoms with van der Waals surface area (Å²) >= 11 is 0. The first-order valence-corrected chi connectivity index (χ1v) is 6.45. The molecule has 0 aliphatic heterocycles. The van der Waals surface area contributed by atoms with Crippen molar-refractivity contribution in [3.8, 4) is 11.8 Å². The Balaban J connectivity index is 1.92. The first kappa shape index (κ1) is 13.2. The van der Waals surface area contributed by atoms with E-state index in [2.05, 4.69) is 31.2 Å².